The molecular formula is C15H28N2O2. The molecule has 2 aliphatic rings. The maximum absolute atomic E-state index is 12.1. The van der Waals surface area contributed by atoms with Gasteiger partial charge in [-0.3, -0.25) is 4.79 Å². The second-order valence-electron chi connectivity index (χ2n) is 6.55. The van der Waals surface area contributed by atoms with Gasteiger partial charge in [-0.2, -0.15) is 0 Å². The molecule has 0 bridgehead atoms. The Morgan fingerprint density at radius 1 is 1.37 bits per heavy atom. The number of nitrogens with zero attached hydrogens (tertiary/aromatic N) is 1. The molecule has 4 heteroatoms. The minimum atomic E-state index is -1.08. The van der Waals surface area contributed by atoms with Crippen molar-refractivity contribution in [2.24, 2.45) is 5.92 Å². The molecule has 4 nitrogen and oxygen atoms in total. The Labute approximate surface area is 116 Å². The number of likely N-dealkylation sites (tertiary alicyclic amines) is 1. The van der Waals surface area contributed by atoms with Gasteiger partial charge in [-0.1, -0.05) is 0 Å². The fourth-order valence-electron chi connectivity index (χ4n) is 3.32. The lowest BCUT2D eigenvalue weighted by molar-refractivity contribution is -0.139. The van der Waals surface area contributed by atoms with Gasteiger partial charge in [-0.15, -0.1) is 0 Å². The third-order valence-corrected chi connectivity index (χ3v) is 4.69. The summed E-state index contributed by atoms with van der Waals surface area (Å²) in [6, 6.07) is 0.581. The molecule has 1 amide bonds. The summed E-state index contributed by atoms with van der Waals surface area (Å²) in [6.07, 6.45) is 5.58. The summed E-state index contributed by atoms with van der Waals surface area (Å²) in [5.41, 5.74) is -1.08. The summed E-state index contributed by atoms with van der Waals surface area (Å²) in [6.45, 7) is 7.40. The van der Waals surface area contributed by atoms with Gasteiger partial charge in [0.05, 0.1) is 0 Å². The second kappa shape index (κ2) is 6.23. The van der Waals surface area contributed by atoms with Gasteiger partial charge in [-0.05, 0) is 64.8 Å². The lowest BCUT2D eigenvalue weighted by Crippen LogP contribution is -2.49. The summed E-state index contributed by atoms with van der Waals surface area (Å²) in [4.78, 5) is 14.5. The molecule has 2 rings (SSSR count). The fraction of sp³-hybridized carbons (Fsp3) is 0.933. The molecule has 1 aliphatic carbocycles. The van der Waals surface area contributed by atoms with Crippen molar-refractivity contribution in [3.05, 3.63) is 0 Å². The summed E-state index contributed by atoms with van der Waals surface area (Å²) in [5.74, 6) is 0.386. The van der Waals surface area contributed by atoms with Crippen molar-refractivity contribution >= 4 is 5.91 Å². The van der Waals surface area contributed by atoms with Gasteiger partial charge in [0.2, 0.25) is 0 Å². The van der Waals surface area contributed by atoms with E-state index in [1.54, 1.807) is 0 Å². The highest BCUT2D eigenvalue weighted by Crippen LogP contribution is 2.29. The zero-order valence-corrected chi connectivity index (χ0v) is 12.3. The standard InChI is InChI=1S/C15H28N2O2/c1-12(2)17-9-5-6-13(11-17)10-16-14(18)15(19)7-3-4-8-15/h12-13,19H,3-11H2,1-2H3,(H,16,18). The third-order valence-electron chi connectivity index (χ3n) is 4.69. The number of rotatable bonds is 4. The molecule has 1 aliphatic heterocycles. The maximum atomic E-state index is 12.1. The number of amides is 1. The first kappa shape index (κ1) is 14.8. The first-order valence-electron chi connectivity index (χ1n) is 7.76. The van der Waals surface area contributed by atoms with Crippen LogP contribution in [-0.2, 0) is 4.79 Å². The largest absolute Gasteiger partial charge is 0.380 e. The molecular weight excluding hydrogens is 240 g/mol. The molecule has 1 saturated carbocycles. The minimum Gasteiger partial charge on any atom is -0.380 e. The Bertz CT molecular complexity index is 311. The van der Waals surface area contributed by atoms with Gasteiger partial charge in [-0.25, -0.2) is 0 Å². The van der Waals surface area contributed by atoms with Crippen LogP contribution in [0.5, 0.6) is 0 Å². The van der Waals surface area contributed by atoms with Crippen LogP contribution in [0.2, 0.25) is 0 Å². The van der Waals surface area contributed by atoms with Crippen LogP contribution in [-0.4, -0.2) is 47.2 Å². The first-order chi connectivity index (χ1) is 9.01. The third kappa shape index (κ3) is 3.69. The molecule has 1 unspecified atom stereocenters. The van der Waals surface area contributed by atoms with E-state index in [9.17, 15) is 9.90 Å². The van der Waals surface area contributed by atoms with E-state index in [0.29, 0.717) is 31.3 Å². The fourth-order valence-corrected chi connectivity index (χ4v) is 3.32. The Kier molecular flexibility index (Phi) is 4.85. The quantitative estimate of drug-likeness (QED) is 0.813. The van der Waals surface area contributed by atoms with Crippen LogP contribution in [0.1, 0.15) is 52.4 Å². The molecule has 0 spiro atoms. The smallest absolute Gasteiger partial charge is 0.251 e. The van der Waals surface area contributed by atoms with E-state index in [0.717, 1.165) is 19.4 Å². The first-order valence-corrected chi connectivity index (χ1v) is 7.76. The minimum absolute atomic E-state index is 0.147. The van der Waals surface area contributed by atoms with Gasteiger partial charge in [0.1, 0.15) is 5.60 Å². The molecule has 0 aromatic carbocycles. The predicted octanol–water partition coefficient (Wildman–Crippen LogP) is 1.53. The van der Waals surface area contributed by atoms with Crippen molar-refractivity contribution in [3.8, 4) is 0 Å². The zero-order chi connectivity index (χ0) is 13.9. The molecule has 0 radical (unpaired) electrons. The van der Waals surface area contributed by atoms with Gasteiger partial charge in [0.15, 0.2) is 0 Å². The average molecular weight is 268 g/mol. The second-order valence-corrected chi connectivity index (χ2v) is 6.55. The summed E-state index contributed by atoms with van der Waals surface area (Å²) < 4.78 is 0. The number of carbonyl (C=O) groups excluding carboxylic acids is 1. The van der Waals surface area contributed by atoms with Crippen molar-refractivity contribution in [1.82, 2.24) is 10.2 Å². The monoisotopic (exact) mass is 268 g/mol. The highest BCUT2D eigenvalue weighted by Gasteiger charge is 2.38. The van der Waals surface area contributed by atoms with Crippen molar-refractivity contribution < 1.29 is 9.90 Å². The van der Waals surface area contributed by atoms with Crippen molar-refractivity contribution in [1.29, 1.82) is 0 Å². The van der Waals surface area contributed by atoms with Crippen LogP contribution < -0.4 is 5.32 Å². The number of aliphatic hydroxyl groups is 1. The summed E-state index contributed by atoms with van der Waals surface area (Å²) >= 11 is 0. The molecule has 1 saturated heterocycles. The Hall–Kier alpha value is -0.610. The molecule has 19 heavy (non-hydrogen) atoms. The molecule has 110 valence electrons. The van der Waals surface area contributed by atoms with E-state index < -0.39 is 5.60 Å². The van der Waals surface area contributed by atoms with Crippen LogP contribution in [0.3, 0.4) is 0 Å². The lowest BCUT2D eigenvalue weighted by Gasteiger charge is -2.35. The van der Waals surface area contributed by atoms with Crippen molar-refractivity contribution in [2.75, 3.05) is 19.6 Å². The van der Waals surface area contributed by atoms with Gasteiger partial charge >= 0.3 is 0 Å². The highest BCUT2D eigenvalue weighted by atomic mass is 16.3. The SMILES string of the molecule is CC(C)N1CCCC(CNC(=O)C2(O)CCCC2)C1. The van der Waals surface area contributed by atoms with Gasteiger partial charge in [0, 0.05) is 19.1 Å². The Morgan fingerprint density at radius 3 is 2.68 bits per heavy atom. The van der Waals surface area contributed by atoms with E-state index in [4.69, 9.17) is 0 Å². The number of nitrogens with one attached hydrogen (secondary N) is 1. The normalized spacial score (nSPS) is 27.7. The average Bonchev–Trinajstić information content (AvgIpc) is 2.84. The number of carbonyl (C=O) groups is 1. The van der Waals surface area contributed by atoms with E-state index >= 15 is 0 Å². The molecule has 2 N–H and O–H groups in total. The van der Waals surface area contributed by atoms with E-state index in [-0.39, 0.29) is 5.91 Å². The molecule has 1 atom stereocenters. The molecule has 0 aromatic heterocycles. The van der Waals surface area contributed by atoms with Crippen LogP contribution in [0.15, 0.2) is 0 Å². The maximum Gasteiger partial charge on any atom is 0.251 e. The van der Waals surface area contributed by atoms with Gasteiger partial charge < -0.3 is 15.3 Å². The van der Waals surface area contributed by atoms with E-state index in [2.05, 4.69) is 24.1 Å². The Morgan fingerprint density at radius 2 is 2.05 bits per heavy atom. The topological polar surface area (TPSA) is 52.6 Å². The van der Waals surface area contributed by atoms with Crippen LogP contribution in [0, 0.1) is 5.92 Å². The lowest BCUT2D eigenvalue weighted by atomic mass is 9.96. The van der Waals surface area contributed by atoms with E-state index in [1.165, 1.54) is 19.4 Å². The van der Waals surface area contributed by atoms with Crippen LogP contribution in [0.4, 0.5) is 0 Å². The number of piperidine rings is 1. The molecule has 1 heterocycles. The number of hydrogen-bond donors (Lipinski definition) is 2. The van der Waals surface area contributed by atoms with E-state index in [1.807, 2.05) is 0 Å². The van der Waals surface area contributed by atoms with Crippen molar-refractivity contribution in [3.63, 3.8) is 0 Å². The van der Waals surface area contributed by atoms with Crippen LogP contribution in [0.25, 0.3) is 0 Å². The summed E-state index contributed by atoms with van der Waals surface area (Å²) in [7, 11) is 0. The highest BCUT2D eigenvalue weighted by molar-refractivity contribution is 5.85. The predicted molar refractivity (Wildman–Crippen MR) is 75.9 cm³/mol. The molecule has 0 aromatic rings. The van der Waals surface area contributed by atoms with Crippen molar-refractivity contribution in [2.45, 2.75) is 64.0 Å². The Balaban J connectivity index is 1.77. The molecule has 2 fully saturated rings. The zero-order valence-electron chi connectivity index (χ0n) is 12.3. The summed E-state index contributed by atoms with van der Waals surface area (Å²) in [5, 5.41) is 13.2. The van der Waals surface area contributed by atoms with Gasteiger partial charge in [0.25, 0.3) is 5.91 Å². The number of hydrogen-bond acceptors (Lipinski definition) is 3. The van der Waals surface area contributed by atoms with Crippen LogP contribution >= 0.6 is 0 Å².